The molecule has 0 aliphatic carbocycles. The number of halogens is 1. The van der Waals surface area contributed by atoms with Crippen LogP contribution < -0.4 is 5.32 Å². The van der Waals surface area contributed by atoms with E-state index in [2.05, 4.69) is 60.4 Å². The number of hydrogen-bond acceptors (Lipinski definition) is 4. The van der Waals surface area contributed by atoms with Gasteiger partial charge in [0.15, 0.2) is 5.11 Å². The van der Waals surface area contributed by atoms with Crippen LogP contribution in [0.25, 0.3) is 17.0 Å². The van der Waals surface area contributed by atoms with E-state index in [4.69, 9.17) is 33.3 Å². The smallest absolute Gasteiger partial charge is 0.258 e. The normalized spacial score (nSPS) is 16.4. The maximum Gasteiger partial charge on any atom is 0.258 e. The molecule has 32 heavy (non-hydrogen) atoms. The second kappa shape index (κ2) is 9.84. The molecule has 0 saturated heterocycles. The van der Waals surface area contributed by atoms with E-state index in [9.17, 15) is 0 Å². The Morgan fingerprint density at radius 2 is 1.94 bits per heavy atom. The van der Waals surface area contributed by atoms with Gasteiger partial charge >= 0.3 is 0 Å². The molecule has 3 aromatic rings. The summed E-state index contributed by atoms with van der Waals surface area (Å²) in [4.78, 5) is 6.87. The van der Waals surface area contributed by atoms with Gasteiger partial charge in [-0.2, -0.15) is 4.98 Å². The van der Waals surface area contributed by atoms with Crippen molar-refractivity contribution < 1.29 is 4.52 Å². The fourth-order valence-corrected chi connectivity index (χ4v) is 4.45. The van der Waals surface area contributed by atoms with E-state index in [1.165, 1.54) is 5.56 Å². The number of nitrogens with one attached hydrogen (secondary N) is 1. The summed E-state index contributed by atoms with van der Waals surface area (Å²) in [7, 11) is 0. The van der Waals surface area contributed by atoms with Gasteiger partial charge in [0.2, 0.25) is 5.82 Å². The topological polar surface area (TPSA) is 54.2 Å². The van der Waals surface area contributed by atoms with Crippen molar-refractivity contribution in [2.75, 3.05) is 6.54 Å². The van der Waals surface area contributed by atoms with Crippen molar-refractivity contribution in [2.45, 2.75) is 46.1 Å². The van der Waals surface area contributed by atoms with Gasteiger partial charge in [0.05, 0.1) is 11.6 Å². The number of rotatable bonds is 7. The van der Waals surface area contributed by atoms with Crippen LogP contribution in [0.4, 0.5) is 0 Å². The van der Waals surface area contributed by atoms with Crippen LogP contribution >= 0.6 is 23.8 Å². The van der Waals surface area contributed by atoms with Gasteiger partial charge in [-0.1, -0.05) is 73.4 Å². The number of benzene rings is 2. The van der Waals surface area contributed by atoms with Crippen LogP contribution in [0, 0.1) is 0 Å². The summed E-state index contributed by atoms with van der Waals surface area (Å²) >= 11 is 11.9. The molecule has 0 amide bonds. The Morgan fingerprint density at radius 3 is 2.62 bits per heavy atom. The molecule has 2 heterocycles. The molecule has 0 fully saturated rings. The van der Waals surface area contributed by atoms with Crippen LogP contribution in [0.2, 0.25) is 5.02 Å². The molecule has 1 atom stereocenters. The third-order valence-electron chi connectivity index (χ3n) is 5.79. The Kier molecular flexibility index (Phi) is 6.92. The number of aromatic nitrogens is 2. The molecule has 1 aliphatic rings. The van der Waals surface area contributed by atoms with E-state index in [1.807, 2.05) is 24.3 Å². The second-order valence-corrected chi connectivity index (χ2v) is 8.74. The molecule has 1 aromatic heterocycles. The first kappa shape index (κ1) is 22.5. The minimum atomic E-state index is -0.168. The van der Waals surface area contributed by atoms with Gasteiger partial charge < -0.3 is 14.7 Å². The van der Waals surface area contributed by atoms with Crippen LogP contribution in [-0.4, -0.2) is 26.7 Å². The van der Waals surface area contributed by atoms with Gasteiger partial charge in [-0.3, -0.25) is 0 Å². The van der Waals surface area contributed by atoms with Crippen molar-refractivity contribution in [1.29, 1.82) is 0 Å². The SMILES string of the molecule is CCCCN1C(=S)NC(c2ccc(CC)cc2)C(c2nc(-c3cccc(Cl)c3)no2)=C1C. The van der Waals surface area contributed by atoms with Crippen LogP contribution in [0.3, 0.4) is 0 Å². The summed E-state index contributed by atoms with van der Waals surface area (Å²) in [6, 6.07) is 15.9. The zero-order valence-electron chi connectivity index (χ0n) is 18.6. The summed E-state index contributed by atoms with van der Waals surface area (Å²) in [6.07, 6.45) is 3.12. The summed E-state index contributed by atoms with van der Waals surface area (Å²) in [5.74, 6) is 0.995. The van der Waals surface area contributed by atoms with Gasteiger partial charge in [-0.05, 0) is 55.2 Å². The Hall–Kier alpha value is -2.70. The maximum atomic E-state index is 6.16. The molecule has 4 rings (SSSR count). The summed E-state index contributed by atoms with van der Waals surface area (Å²) in [5.41, 5.74) is 5.20. The molecule has 0 spiro atoms. The third-order valence-corrected chi connectivity index (χ3v) is 6.37. The molecule has 0 radical (unpaired) electrons. The van der Waals surface area contributed by atoms with Crippen molar-refractivity contribution in [2.24, 2.45) is 0 Å². The van der Waals surface area contributed by atoms with E-state index in [0.29, 0.717) is 16.7 Å². The van der Waals surface area contributed by atoms with Crippen molar-refractivity contribution in [3.8, 4) is 11.4 Å². The summed E-state index contributed by atoms with van der Waals surface area (Å²) in [6.45, 7) is 7.25. The largest absolute Gasteiger partial charge is 0.351 e. The lowest BCUT2D eigenvalue weighted by Gasteiger charge is -2.37. The van der Waals surface area contributed by atoms with Crippen molar-refractivity contribution in [1.82, 2.24) is 20.4 Å². The van der Waals surface area contributed by atoms with Crippen LogP contribution in [0.5, 0.6) is 0 Å². The maximum absolute atomic E-state index is 6.16. The van der Waals surface area contributed by atoms with E-state index in [1.54, 1.807) is 0 Å². The Bertz CT molecular complexity index is 1140. The average Bonchev–Trinajstić information content (AvgIpc) is 3.28. The monoisotopic (exact) mass is 466 g/mol. The van der Waals surface area contributed by atoms with Gasteiger partial charge in [0.25, 0.3) is 5.89 Å². The lowest BCUT2D eigenvalue weighted by Crippen LogP contribution is -2.46. The highest BCUT2D eigenvalue weighted by Crippen LogP contribution is 2.37. The predicted octanol–water partition coefficient (Wildman–Crippen LogP) is 6.41. The minimum Gasteiger partial charge on any atom is -0.351 e. The van der Waals surface area contributed by atoms with Gasteiger partial charge in [-0.15, -0.1) is 0 Å². The number of hydrogen-bond donors (Lipinski definition) is 1. The molecule has 1 unspecified atom stereocenters. The third kappa shape index (κ3) is 4.57. The van der Waals surface area contributed by atoms with E-state index < -0.39 is 0 Å². The van der Waals surface area contributed by atoms with Gasteiger partial charge in [0, 0.05) is 22.8 Å². The average molecular weight is 467 g/mol. The van der Waals surface area contributed by atoms with Crippen molar-refractivity contribution in [3.05, 3.63) is 76.3 Å². The Morgan fingerprint density at radius 1 is 1.16 bits per heavy atom. The zero-order chi connectivity index (χ0) is 22.7. The van der Waals surface area contributed by atoms with E-state index >= 15 is 0 Å². The fraction of sp³-hybridized carbons (Fsp3) is 0.320. The molecule has 1 N–H and O–H groups in total. The lowest BCUT2D eigenvalue weighted by molar-refractivity contribution is 0.395. The first-order chi connectivity index (χ1) is 15.5. The number of aryl methyl sites for hydroxylation is 1. The lowest BCUT2D eigenvalue weighted by atomic mass is 9.93. The first-order valence-corrected chi connectivity index (χ1v) is 11.8. The summed E-state index contributed by atoms with van der Waals surface area (Å²) in [5, 5.41) is 9.11. The van der Waals surface area contributed by atoms with E-state index in [-0.39, 0.29) is 6.04 Å². The molecule has 0 bridgehead atoms. The number of unbranched alkanes of at least 4 members (excludes halogenated alkanes) is 1. The van der Waals surface area contributed by atoms with Crippen LogP contribution in [0.15, 0.2) is 58.8 Å². The van der Waals surface area contributed by atoms with Crippen molar-refractivity contribution in [3.63, 3.8) is 0 Å². The zero-order valence-corrected chi connectivity index (χ0v) is 20.1. The minimum absolute atomic E-state index is 0.168. The molecule has 7 heteroatoms. The quantitative estimate of drug-likeness (QED) is 0.406. The number of nitrogens with zero attached hydrogens (tertiary/aromatic N) is 3. The van der Waals surface area contributed by atoms with Gasteiger partial charge in [0.1, 0.15) is 0 Å². The summed E-state index contributed by atoms with van der Waals surface area (Å²) < 4.78 is 5.78. The van der Waals surface area contributed by atoms with Crippen LogP contribution in [0.1, 0.15) is 56.7 Å². The van der Waals surface area contributed by atoms with Gasteiger partial charge in [-0.25, -0.2) is 0 Å². The Balaban J connectivity index is 1.79. The fourth-order valence-electron chi connectivity index (χ4n) is 3.92. The number of allylic oxidation sites excluding steroid dienone is 1. The van der Waals surface area contributed by atoms with Crippen molar-refractivity contribution >= 4 is 34.5 Å². The molecule has 2 aromatic carbocycles. The predicted molar refractivity (Wildman–Crippen MR) is 133 cm³/mol. The first-order valence-electron chi connectivity index (χ1n) is 11.0. The molecule has 1 aliphatic heterocycles. The molecule has 0 saturated carbocycles. The molecular weight excluding hydrogens is 440 g/mol. The highest BCUT2D eigenvalue weighted by atomic mass is 35.5. The second-order valence-electron chi connectivity index (χ2n) is 7.92. The number of thiocarbonyl (C=S) groups is 1. The molecule has 5 nitrogen and oxygen atoms in total. The van der Waals surface area contributed by atoms with E-state index in [0.717, 1.165) is 53.3 Å². The Labute approximate surface area is 199 Å². The standard InChI is InChI=1S/C25H27ClN4OS/c1-4-6-14-30-16(3)21(22(27-25(30)32)18-12-10-17(5-2)11-13-18)24-28-23(29-31-24)19-8-7-9-20(26)15-19/h7-13,15,22H,4-6,14H2,1-3H3,(H,27,32). The van der Waals surface area contributed by atoms with Crippen LogP contribution in [-0.2, 0) is 6.42 Å². The highest BCUT2D eigenvalue weighted by molar-refractivity contribution is 7.80. The molecule has 166 valence electrons. The highest BCUT2D eigenvalue weighted by Gasteiger charge is 2.33. The molecular formula is C25H27ClN4OS.